The number of pyridine rings is 1. The van der Waals surface area contributed by atoms with Crippen LogP contribution in [0.2, 0.25) is 0 Å². The van der Waals surface area contributed by atoms with Crippen LogP contribution in [0.1, 0.15) is 5.56 Å². The molecule has 3 aromatic rings. The molecule has 0 aliphatic rings. The van der Waals surface area contributed by atoms with Gasteiger partial charge in [-0.2, -0.15) is 4.52 Å². The van der Waals surface area contributed by atoms with Crippen LogP contribution in [-0.4, -0.2) is 26.6 Å². The van der Waals surface area contributed by atoms with E-state index in [4.69, 9.17) is 0 Å². The van der Waals surface area contributed by atoms with Gasteiger partial charge in [-0.15, -0.1) is 11.7 Å². The lowest BCUT2D eigenvalue weighted by Gasteiger charge is -2.07. The number of rotatable bonds is 5. The molecule has 100 valence electrons. The minimum absolute atomic E-state index is 0.705. The Balaban J connectivity index is 2.03. The summed E-state index contributed by atoms with van der Waals surface area (Å²) in [6.07, 6.45) is 3.78. The Morgan fingerprint density at radius 3 is 2.85 bits per heavy atom. The molecule has 0 aliphatic carbocycles. The quantitative estimate of drug-likeness (QED) is 0.567. The molecule has 1 N–H and O–H groups in total. The van der Waals surface area contributed by atoms with Crippen molar-refractivity contribution in [2.45, 2.75) is 6.54 Å². The van der Waals surface area contributed by atoms with E-state index in [0.717, 1.165) is 28.9 Å². The number of aromatic nitrogens is 4. The van der Waals surface area contributed by atoms with Crippen molar-refractivity contribution < 1.29 is 0 Å². The standard InChI is InChI=1S/C15H15N5/c1-2-8-16-10-13-9-14(12-6-4-3-5-7-12)11-20-15(13)17-18-19-20/h2-7,9,11,16H,1,8,10H2. The van der Waals surface area contributed by atoms with Crippen molar-refractivity contribution in [3.05, 3.63) is 60.8 Å². The van der Waals surface area contributed by atoms with Crippen LogP contribution in [0.4, 0.5) is 0 Å². The van der Waals surface area contributed by atoms with Crippen LogP contribution in [0, 0.1) is 0 Å². The third-order valence-corrected chi connectivity index (χ3v) is 3.08. The fourth-order valence-corrected chi connectivity index (χ4v) is 2.14. The summed E-state index contributed by atoms with van der Waals surface area (Å²) in [4.78, 5) is 0. The first-order valence-corrected chi connectivity index (χ1v) is 6.46. The van der Waals surface area contributed by atoms with Crippen LogP contribution in [-0.2, 0) is 6.54 Å². The van der Waals surface area contributed by atoms with Gasteiger partial charge in [0.15, 0.2) is 5.65 Å². The van der Waals surface area contributed by atoms with E-state index in [-0.39, 0.29) is 0 Å². The highest BCUT2D eigenvalue weighted by molar-refractivity contribution is 5.66. The SMILES string of the molecule is C=CCNCc1cc(-c2ccccc2)cn2nnnc12. The molecule has 0 atom stereocenters. The van der Waals surface area contributed by atoms with E-state index in [1.54, 1.807) is 4.52 Å². The van der Waals surface area contributed by atoms with E-state index in [1.165, 1.54) is 0 Å². The van der Waals surface area contributed by atoms with Gasteiger partial charge in [0.1, 0.15) is 0 Å². The van der Waals surface area contributed by atoms with Crippen molar-refractivity contribution in [2.24, 2.45) is 0 Å². The lowest BCUT2D eigenvalue weighted by Crippen LogP contribution is -2.13. The Hall–Kier alpha value is -2.53. The van der Waals surface area contributed by atoms with Crippen LogP contribution in [0.3, 0.4) is 0 Å². The summed E-state index contributed by atoms with van der Waals surface area (Å²) >= 11 is 0. The summed E-state index contributed by atoms with van der Waals surface area (Å²) in [5, 5.41) is 15.1. The monoisotopic (exact) mass is 265 g/mol. The fraction of sp³-hybridized carbons (Fsp3) is 0.133. The van der Waals surface area contributed by atoms with Gasteiger partial charge in [-0.25, -0.2) is 0 Å². The van der Waals surface area contributed by atoms with E-state index in [2.05, 4.69) is 45.6 Å². The molecule has 0 saturated carbocycles. The second-order valence-corrected chi connectivity index (χ2v) is 4.49. The molecule has 0 bridgehead atoms. The number of hydrogen-bond acceptors (Lipinski definition) is 4. The molecular formula is C15H15N5. The zero-order valence-corrected chi connectivity index (χ0v) is 11.0. The Labute approximate surface area is 116 Å². The van der Waals surface area contributed by atoms with Crippen molar-refractivity contribution in [3.63, 3.8) is 0 Å². The highest BCUT2D eigenvalue weighted by Gasteiger charge is 2.08. The maximum Gasteiger partial charge on any atom is 0.183 e. The number of nitrogens with one attached hydrogen (secondary N) is 1. The predicted octanol–water partition coefficient (Wildman–Crippen LogP) is 2.07. The minimum atomic E-state index is 0.705. The lowest BCUT2D eigenvalue weighted by atomic mass is 10.1. The molecule has 0 saturated heterocycles. The second-order valence-electron chi connectivity index (χ2n) is 4.49. The van der Waals surface area contributed by atoms with E-state index in [1.807, 2.05) is 30.5 Å². The summed E-state index contributed by atoms with van der Waals surface area (Å²) in [6, 6.07) is 12.3. The highest BCUT2D eigenvalue weighted by atomic mass is 15.5. The van der Waals surface area contributed by atoms with Gasteiger partial charge < -0.3 is 5.32 Å². The highest BCUT2D eigenvalue weighted by Crippen LogP contribution is 2.21. The first kappa shape index (κ1) is 12.5. The Kier molecular flexibility index (Phi) is 3.52. The maximum absolute atomic E-state index is 4.07. The molecule has 0 unspecified atom stereocenters. The number of tetrazole rings is 1. The van der Waals surface area contributed by atoms with Gasteiger partial charge in [0.05, 0.1) is 0 Å². The van der Waals surface area contributed by atoms with Crippen LogP contribution in [0.15, 0.2) is 55.3 Å². The van der Waals surface area contributed by atoms with Crippen molar-refractivity contribution in [2.75, 3.05) is 6.54 Å². The molecule has 0 radical (unpaired) electrons. The van der Waals surface area contributed by atoms with Crippen LogP contribution < -0.4 is 5.32 Å². The van der Waals surface area contributed by atoms with Crippen LogP contribution >= 0.6 is 0 Å². The van der Waals surface area contributed by atoms with E-state index >= 15 is 0 Å². The Morgan fingerprint density at radius 2 is 2.05 bits per heavy atom. The third kappa shape index (κ3) is 2.44. The summed E-state index contributed by atoms with van der Waals surface area (Å²) in [6.45, 7) is 5.16. The van der Waals surface area contributed by atoms with Gasteiger partial charge in [0.25, 0.3) is 0 Å². The Bertz CT molecular complexity index is 717. The molecule has 0 spiro atoms. The molecule has 5 heteroatoms. The first-order valence-electron chi connectivity index (χ1n) is 6.46. The molecule has 0 aliphatic heterocycles. The van der Waals surface area contributed by atoms with Crippen molar-refractivity contribution in [1.82, 2.24) is 25.4 Å². The van der Waals surface area contributed by atoms with E-state index in [9.17, 15) is 0 Å². The lowest BCUT2D eigenvalue weighted by molar-refractivity contribution is 0.758. The molecule has 0 amide bonds. The summed E-state index contributed by atoms with van der Waals surface area (Å²) in [5.74, 6) is 0. The summed E-state index contributed by atoms with van der Waals surface area (Å²) in [7, 11) is 0. The van der Waals surface area contributed by atoms with Crippen molar-refractivity contribution >= 4 is 5.65 Å². The van der Waals surface area contributed by atoms with Gasteiger partial charge in [-0.05, 0) is 22.1 Å². The second kappa shape index (κ2) is 5.63. The maximum atomic E-state index is 4.07. The van der Waals surface area contributed by atoms with Crippen LogP contribution in [0.5, 0.6) is 0 Å². The van der Waals surface area contributed by atoms with Gasteiger partial charge >= 0.3 is 0 Å². The average Bonchev–Trinajstić information content (AvgIpc) is 2.97. The van der Waals surface area contributed by atoms with Gasteiger partial charge in [-0.3, -0.25) is 0 Å². The molecule has 2 heterocycles. The molecule has 1 aromatic carbocycles. The average molecular weight is 265 g/mol. The summed E-state index contributed by atoms with van der Waals surface area (Å²) < 4.78 is 1.72. The molecule has 0 fully saturated rings. The third-order valence-electron chi connectivity index (χ3n) is 3.08. The first-order chi connectivity index (χ1) is 9.88. The van der Waals surface area contributed by atoms with Gasteiger partial charge in [-0.1, -0.05) is 36.4 Å². The smallest absolute Gasteiger partial charge is 0.183 e. The predicted molar refractivity (Wildman–Crippen MR) is 78.1 cm³/mol. The summed E-state index contributed by atoms with van der Waals surface area (Å²) in [5.41, 5.74) is 4.09. The van der Waals surface area contributed by atoms with Crippen LogP contribution in [0.25, 0.3) is 16.8 Å². The molecule has 2 aromatic heterocycles. The minimum Gasteiger partial charge on any atom is -0.309 e. The zero-order valence-electron chi connectivity index (χ0n) is 11.0. The topological polar surface area (TPSA) is 55.1 Å². The molecule has 3 rings (SSSR count). The largest absolute Gasteiger partial charge is 0.309 e. The van der Waals surface area contributed by atoms with E-state index < -0.39 is 0 Å². The normalized spacial score (nSPS) is 10.8. The van der Waals surface area contributed by atoms with Crippen molar-refractivity contribution in [1.29, 1.82) is 0 Å². The number of hydrogen-bond donors (Lipinski definition) is 1. The molecular weight excluding hydrogens is 250 g/mol. The molecule has 5 nitrogen and oxygen atoms in total. The van der Waals surface area contributed by atoms with Gasteiger partial charge in [0, 0.05) is 30.4 Å². The number of nitrogens with zero attached hydrogens (tertiary/aromatic N) is 4. The molecule has 20 heavy (non-hydrogen) atoms. The number of benzene rings is 1. The number of fused-ring (bicyclic) bond motifs is 1. The van der Waals surface area contributed by atoms with E-state index in [0.29, 0.717) is 6.54 Å². The fourth-order valence-electron chi connectivity index (χ4n) is 2.14. The zero-order chi connectivity index (χ0) is 13.8. The Morgan fingerprint density at radius 1 is 1.20 bits per heavy atom. The van der Waals surface area contributed by atoms with Crippen molar-refractivity contribution in [3.8, 4) is 11.1 Å². The van der Waals surface area contributed by atoms with Gasteiger partial charge in [0.2, 0.25) is 0 Å².